The van der Waals surface area contributed by atoms with Crippen molar-refractivity contribution >= 4 is 11.9 Å². The third kappa shape index (κ3) is 3.24. The molecule has 29 heavy (non-hydrogen) atoms. The second-order valence-electron chi connectivity index (χ2n) is 8.43. The van der Waals surface area contributed by atoms with Crippen LogP contribution in [-0.2, 0) is 11.3 Å². The molecule has 4 atom stereocenters. The second kappa shape index (κ2) is 7.00. The quantitative estimate of drug-likeness (QED) is 0.779. The molecule has 0 unspecified atom stereocenters. The first kappa shape index (κ1) is 18.4. The number of nitrogens with one attached hydrogen (secondary N) is 1. The number of carbonyl (C=O) groups excluding carboxylic acids is 1. The summed E-state index contributed by atoms with van der Waals surface area (Å²) < 4.78 is 11.4. The molecule has 3 aliphatic rings. The van der Waals surface area contributed by atoms with Gasteiger partial charge in [-0.2, -0.15) is 0 Å². The molecule has 7 nitrogen and oxygen atoms in total. The first-order valence-electron chi connectivity index (χ1n) is 10.1. The van der Waals surface area contributed by atoms with Gasteiger partial charge in [-0.3, -0.25) is 9.69 Å². The molecule has 2 N–H and O–H groups in total. The van der Waals surface area contributed by atoms with E-state index in [2.05, 4.69) is 10.2 Å². The van der Waals surface area contributed by atoms with E-state index < -0.39 is 5.97 Å². The van der Waals surface area contributed by atoms with Gasteiger partial charge >= 0.3 is 5.97 Å². The Morgan fingerprint density at radius 1 is 1.28 bits per heavy atom. The Bertz CT molecular complexity index is 927. The molecule has 0 radical (unpaired) electrons. The zero-order valence-corrected chi connectivity index (χ0v) is 16.0. The molecule has 0 saturated carbocycles. The van der Waals surface area contributed by atoms with Gasteiger partial charge in [-0.05, 0) is 36.6 Å². The van der Waals surface area contributed by atoms with Crippen molar-refractivity contribution in [2.75, 3.05) is 19.6 Å². The van der Waals surface area contributed by atoms with Crippen LogP contribution in [0, 0.1) is 11.8 Å². The monoisotopic (exact) mass is 396 g/mol. The summed E-state index contributed by atoms with van der Waals surface area (Å²) in [7, 11) is 0. The van der Waals surface area contributed by atoms with Crippen molar-refractivity contribution in [3.63, 3.8) is 0 Å². The van der Waals surface area contributed by atoms with Crippen LogP contribution in [0.4, 0.5) is 0 Å². The molecule has 152 valence electrons. The number of fused-ring (bicyclic) bond motifs is 1. The molecule has 1 amide bonds. The van der Waals surface area contributed by atoms with Crippen LogP contribution < -0.4 is 5.32 Å². The molecule has 3 fully saturated rings. The fraction of sp³-hybridized carbons (Fsp3) is 0.455. The molecule has 3 aliphatic heterocycles. The van der Waals surface area contributed by atoms with Crippen molar-refractivity contribution in [3.8, 4) is 0 Å². The second-order valence-corrected chi connectivity index (χ2v) is 8.43. The van der Waals surface area contributed by atoms with Gasteiger partial charge in [0.2, 0.25) is 0 Å². The van der Waals surface area contributed by atoms with Crippen molar-refractivity contribution in [2.24, 2.45) is 11.8 Å². The van der Waals surface area contributed by atoms with Crippen molar-refractivity contribution in [1.82, 2.24) is 10.2 Å². The molecule has 2 bridgehead atoms. The predicted molar refractivity (Wildman–Crippen MR) is 104 cm³/mol. The molecular formula is C22H24N2O5. The molecule has 4 heterocycles. The van der Waals surface area contributed by atoms with Gasteiger partial charge in [-0.25, -0.2) is 4.79 Å². The maximum Gasteiger partial charge on any atom is 0.335 e. The van der Waals surface area contributed by atoms with Crippen LogP contribution in [0.3, 0.4) is 0 Å². The van der Waals surface area contributed by atoms with Gasteiger partial charge in [0.05, 0.1) is 29.1 Å². The number of carbonyl (C=O) groups is 2. The summed E-state index contributed by atoms with van der Waals surface area (Å²) in [4.78, 5) is 25.9. The number of likely N-dealkylation sites (tertiary alicyclic amines) is 1. The molecule has 1 aromatic carbocycles. The highest BCUT2D eigenvalue weighted by atomic mass is 16.5. The van der Waals surface area contributed by atoms with Gasteiger partial charge in [0, 0.05) is 38.0 Å². The smallest absolute Gasteiger partial charge is 0.335 e. The Balaban J connectivity index is 1.25. The van der Waals surface area contributed by atoms with Gasteiger partial charge in [0.1, 0.15) is 6.26 Å². The Kier molecular flexibility index (Phi) is 4.44. The summed E-state index contributed by atoms with van der Waals surface area (Å²) in [6.45, 7) is 3.07. The van der Waals surface area contributed by atoms with E-state index in [1.165, 1.54) is 12.5 Å². The number of hydrogen-bond acceptors (Lipinski definition) is 5. The van der Waals surface area contributed by atoms with Crippen LogP contribution in [-0.4, -0.2) is 53.2 Å². The van der Waals surface area contributed by atoms with Crippen LogP contribution in [0.25, 0.3) is 0 Å². The van der Waals surface area contributed by atoms with Gasteiger partial charge < -0.3 is 19.6 Å². The SMILES string of the molecule is O=C(O)c1cccc(CN2C[C@@H]3[C@H](CNC(=O)c4ccoc4)[C@H]4CC[C@]3(C2)O4)c1. The number of hydrogen-bond donors (Lipinski definition) is 2. The van der Waals surface area contributed by atoms with Crippen LogP contribution in [0.15, 0.2) is 47.3 Å². The lowest BCUT2D eigenvalue weighted by molar-refractivity contribution is 0.00211. The van der Waals surface area contributed by atoms with Crippen molar-refractivity contribution in [2.45, 2.75) is 31.1 Å². The van der Waals surface area contributed by atoms with E-state index in [9.17, 15) is 14.7 Å². The van der Waals surface area contributed by atoms with Gasteiger partial charge in [0.25, 0.3) is 5.91 Å². The maximum atomic E-state index is 12.3. The van der Waals surface area contributed by atoms with Gasteiger partial charge in [0.15, 0.2) is 0 Å². The van der Waals surface area contributed by atoms with Crippen LogP contribution >= 0.6 is 0 Å². The highest BCUT2D eigenvalue weighted by Crippen LogP contribution is 2.54. The standard InChI is InChI=1S/C22H24N2O5/c25-20(16-5-7-28-12-16)23-9-17-18-11-24(13-22(18)6-4-19(17)29-22)10-14-2-1-3-15(8-14)21(26)27/h1-3,5,7-8,12,17-19H,4,6,9-11,13H2,(H,23,25)(H,26,27)/t17-,18+,19+,22+/m0/s1. The molecule has 2 aromatic rings. The zero-order chi connectivity index (χ0) is 20.0. The predicted octanol–water partition coefficient (Wildman–Crippen LogP) is 2.39. The maximum absolute atomic E-state index is 12.3. The highest BCUT2D eigenvalue weighted by molar-refractivity contribution is 5.93. The number of amides is 1. The van der Waals surface area contributed by atoms with Crippen molar-refractivity contribution in [3.05, 3.63) is 59.5 Å². The van der Waals surface area contributed by atoms with E-state index in [4.69, 9.17) is 9.15 Å². The molecule has 1 aromatic heterocycles. The topological polar surface area (TPSA) is 92.0 Å². The van der Waals surface area contributed by atoms with Crippen molar-refractivity contribution < 1.29 is 23.8 Å². The van der Waals surface area contributed by atoms with E-state index in [0.717, 1.165) is 31.5 Å². The van der Waals surface area contributed by atoms with Crippen LogP contribution in [0.2, 0.25) is 0 Å². The Morgan fingerprint density at radius 3 is 2.97 bits per heavy atom. The minimum atomic E-state index is -0.904. The molecule has 3 saturated heterocycles. The first-order valence-corrected chi connectivity index (χ1v) is 10.1. The minimum absolute atomic E-state index is 0.115. The lowest BCUT2D eigenvalue weighted by Crippen LogP contribution is -2.41. The third-order valence-corrected chi connectivity index (χ3v) is 6.72. The normalized spacial score (nSPS) is 30.4. The van der Waals surface area contributed by atoms with E-state index in [1.807, 2.05) is 6.07 Å². The fourth-order valence-electron chi connectivity index (χ4n) is 5.45. The number of benzene rings is 1. The summed E-state index contributed by atoms with van der Waals surface area (Å²) in [5, 5.41) is 12.3. The number of aromatic carboxylic acids is 1. The average molecular weight is 396 g/mol. The van der Waals surface area contributed by atoms with Crippen LogP contribution in [0.1, 0.15) is 39.1 Å². The fourth-order valence-corrected chi connectivity index (χ4v) is 5.45. The lowest BCUT2D eigenvalue weighted by atomic mass is 9.73. The van der Waals surface area contributed by atoms with Crippen molar-refractivity contribution in [1.29, 1.82) is 0 Å². The average Bonchev–Trinajstić information content (AvgIpc) is 3.47. The molecule has 1 spiro atoms. The largest absolute Gasteiger partial charge is 0.478 e. The number of carboxylic acids is 1. The van der Waals surface area contributed by atoms with E-state index in [-0.39, 0.29) is 17.6 Å². The van der Waals surface area contributed by atoms with E-state index in [0.29, 0.717) is 36.1 Å². The molecule has 5 rings (SSSR count). The highest BCUT2D eigenvalue weighted by Gasteiger charge is 2.62. The number of rotatable bonds is 6. The number of furan rings is 1. The van der Waals surface area contributed by atoms with Crippen LogP contribution in [0.5, 0.6) is 0 Å². The third-order valence-electron chi connectivity index (χ3n) is 6.72. The number of nitrogens with zero attached hydrogens (tertiary/aromatic N) is 1. The summed E-state index contributed by atoms with van der Waals surface area (Å²) >= 11 is 0. The molecular weight excluding hydrogens is 372 g/mol. The Labute approximate surface area is 168 Å². The summed E-state index contributed by atoms with van der Waals surface area (Å²) in [6, 6.07) is 8.79. The van der Waals surface area contributed by atoms with Gasteiger partial charge in [-0.1, -0.05) is 12.1 Å². The van der Waals surface area contributed by atoms with E-state index in [1.54, 1.807) is 24.3 Å². The Morgan fingerprint density at radius 2 is 2.17 bits per heavy atom. The zero-order valence-electron chi connectivity index (χ0n) is 16.0. The molecule has 0 aliphatic carbocycles. The summed E-state index contributed by atoms with van der Waals surface area (Å²) in [6.07, 6.45) is 5.25. The minimum Gasteiger partial charge on any atom is -0.478 e. The van der Waals surface area contributed by atoms with E-state index >= 15 is 0 Å². The molecule has 7 heteroatoms. The first-order chi connectivity index (χ1) is 14.0. The number of carboxylic acid groups (broad SMARTS) is 1. The lowest BCUT2D eigenvalue weighted by Gasteiger charge is -2.29. The summed E-state index contributed by atoms with van der Waals surface area (Å²) in [5.74, 6) is -0.335. The van der Waals surface area contributed by atoms with Gasteiger partial charge in [-0.15, -0.1) is 0 Å². The summed E-state index contributed by atoms with van der Waals surface area (Å²) in [5.41, 5.74) is 1.73. The number of ether oxygens (including phenoxy) is 1. The Hall–Kier alpha value is -2.64.